The summed E-state index contributed by atoms with van der Waals surface area (Å²) in [6, 6.07) is 13.3. The maximum absolute atomic E-state index is 11.6. The summed E-state index contributed by atoms with van der Waals surface area (Å²) in [6.45, 7) is 1.96. The number of hydrogen-bond donors (Lipinski definition) is 2. The lowest BCUT2D eigenvalue weighted by atomic mass is 10.2. The van der Waals surface area contributed by atoms with Crippen LogP contribution >= 0.6 is 0 Å². The maximum Gasteiger partial charge on any atom is 0.417 e. The van der Waals surface area contributed by atoms with E-state index in [2.05, 4.69) is 5.32 Å². The Kier molecular flexibility index (Phi) is 3.48. The number of ether oxygens (including phenoxy) is 1. The van der Waals surface area contributed by atoms with Gasteiger partial charge in [0.05, 0.1) is 0 Å². The second-order valence-corrected chi connectivity index (χ2v) is 3.87. The highest BCUT2D eigenvalue weighted by atomic mass is 16.6. The van der Waals surface area contributed by atoms with Crippen molar-refractivity contribution in [1.82, 2.24) is 0 Å². The number of anilines is 1. The van der Waals surface area contributed by atoms with E-state index in [9.17, 15) is 4.79 Å². The van der Waals surface area contributed by atoms with Crippen LogP contribution < -0.4 is 10.1 Å². The van der Waals surface area contributed by atoms with E-state index in [4.69, 9.17) is 9.84 Å². The summed E-state index contributed by atoms with van der Waals surface area (Å²) >= 11 is 0. The predicted octanol–water partition coefficient (Wildman–Crippen LogP) is 3.31. The van der Waals surface area contributed by atoms with Crippen LogP contribution in [0.15, 0.2) is 48.5 Å². The van der Waals surface area contributed by atoms with Crippen molar-refractivity contribution in [3.63, 3.8) is 0 Å². The molecule has 0 unspecified atom stereocenters. The third kappa shape index (κ3) is 3.25. The first-order chi connectivity index (χ1) is 8.63. The molecule has 0 aliphatic heterocycles. The SMILES string of the molecule is Cc1ccc(OC(=O)Nc2ccc(O)cc2)cc1. The number of rotatable bonds is 2. The molecule has 0 saturated heterocycles. The van der Waals surface area contributed by atoms with Gasteiger partial charge in [-0.05, 0) is 43.3 Å². The van der Waals surface area contributed by atoms with Crippen molar-refractivity contribution in [3.8, 4) is 11.5 Å². The topological polar surface area (TPSA) is 58.6 Å². The number of aromatic hydroxyl groups is 1. The highest BCUT2D eigenvalue weighted by Gasteiger charge is 2.04. The lowest BCUT2D eigenvalue weighted by Crippen LogP contribution is -2.16. The minimum absolute atomic E-state index is 0.146. The third-order valence-corrected chi connectivity index (χ3v) is 2.35. The molecule has 0 fully saturated rings. The molecule has 0 aliphatic rings. The monoisotopic (exact) mass is 243 g/mol. The van der Waals surface area contributed by atoms with Crippen LogP contribution in [0.2, 0.25) is 0 Å². The van der Waals surface area contributed by atoms with E-state index in [0.717, 1.165) is 5.56 Å². The van der Waals surface area contributed by atoms with Crippen molar-refractivity contribution >= 4 is 11.8 Å². The third-order valence-electron chi connectivity index (χ3n) is 2.35. The van der Waals surface area contributed by atoms with Crippen molar-refractivity contribution in [2.75, 3.05) is 5.32 Å². The largest absolute Gasteiger partial charge is 0.508 e. The van der Waals surface area contributed by atoms with E-state index >= 15 is 0 Å². The molecule has 4 heteroatoms. The molecule has 18 heavy (non-hydrogen) atoms. The molecular weight excluding hydrogens is 230 g/mol. The number of carbonyl (C=O) groups excluding carboxylic acids is 1. The first-order valence-corrected chi connectivity index (χ1v) is 5.48. The molecule has 2 aromatic rings. The van der Waals surface area contributed by atoms with Crippen molar-refractivity contribution in [2.24, 2.45) is 0 Å². The standard InChI is InChI=1S/C14H13NO3/c1-10-2-8-13(9-3-10)18-14(17)15-11-4-6-12(16)7-5-11/h2-9,16H,1H3,(H,15,17). The fourth-order valence-corrected chi connectivity index (χ4v) is 1.40. The molecule has 0 atom stereocenters. The Morgan fingerprint density at radius 1 is 1.06 bits per heavy atom. The zero-order chi connectivity index (χ0) is 13.0. The summed E-state index contributed by atoms with van der Waals surface area (Å²) in [5.74, 6) is 0.629. The second kappa shape index (κ2) is 5.23. The van der Waals surface area contributed by atoms with E-state index < -0.39 is 6.09 Å². The molecule has 2 N–H and O–H groups in total. The number of phenolic OH excluding ortho intramolecular Hbond substituents is 1. The molecule has 0 bridgehead atoms. The Bertz CT molecular complexity index is 482. The molecule has 0 radical (unpaired) electrons. The van der Waals surface area contributed by atoms with Crippen LogP contribution in [-0.2, 0) is 0 Å². The lowest BCUT2D eigenvalue weighted by molar-refractivity contribution is 0.215. The molecule has 2 rings (SSSR count). The van der Waals surface area contributed by atoms with E-state index in [1.165, 1.54) is 12.1 Å². The number of phenols is 1. The molecular formula is C14H13NO3. The van der Waals surface area contributed by atoms with Gasteiger partial charge >= 0.3 is 6.09 Å². The maximum atomic E-state index is 11.6. The van der Waals surface area contributed by atoms with Crippen LogP contribution in [0.3, 0.4) is 0 Å². The van der Waals surface area contributed by atoms with Gasteiger partial charge in [0.15, 0.2) is 0 Å². The summed E-state index contributed by atoms with van der Waals surface area (Å²) in [5.41, 5.74) is 1.66. The Hall–Kier alpha value is -2.49. The molecule has 4 nitrogen and oxygen atoms in total. The highest BCUT2D eigenvalue weighted by Crippen LogP contribution is 2.15. The van der Waals surface area contributed by atoms with Crippen molar-refractivity contribution in [1.29, 1.82) is 0 Å². The van der Waals surface area contributed by atoms with Crippen molar-refractivity contribution in [2.45, 2.75) is 6.92 Å². The van der Waals surface area contributed by atoms with Gasteiger partial charge in [-0.25, -0.2) is 4.79 Å². The van der Waals surface area contributed by atoms with Gasteiger partial charge in [0.25, 0.3) is 0 Å². The van der Waals surface area contributed by atoms with Gasteiger partial charge in [0, 0.05) is 5.69 Å². The van der Waals surface area contributed by atoms with Gasteiger partial charge in [-0.2, -0.15) is 0 Å². The average Bonchev–Trinajstić information content (AvgIpc) is 2.35. The van der Waals surface area contributed by atoms with Gasteiger partial charge in [-0.15, -0.1) is 0 Å². The summed E-state index contributed by atoms with van der Waals surface area (Å²) in [7, 11) is 0. The zero-order valence-electron chi connectivity index (χ0n) is 9.88. The van der Waals surface area contributed by atoms with Crippen LogP contribution in [0.5, 0.6) is 11.5 Å². The molecule has 92 valence electrons. The number of amides is 1. The van der Waals surface area contributed by atoms with E-state index in [1.807, 2.05) is 19.1 Å². The second-order valence-electron chi connectivity index (χ2n) is 3.87. The minimum atomic E-state index is -0.565. The normalized spacial score (nSPS) is 9.83. The summed E-state index contributed by atoms with van der Waals surface area (Å²) < 4.78 is 5.09. The number of hydrogen-bond acceptors (Lipinski definition) is 3. The highest BCUT2D eigenvalue weighted by molar-refractivity contribution is 5.86. The van der Waals surface area contributed by atoms with E-state index in [1.54, 1.807) is 24.3 Å². The molecule has 2 aromatic carbocycles. The van der Waals surface area contributed by atoms with Gasteiger partial charge in [0.1, 0.15) is 11.5 Å². The minimum Gasteiger partial charge on any atom is -0.508 e. The fourth-order valence-electron chi connectivity index (χ4n) is 1.40. The Morgan fingerprint density at radius 3 is 2.28 bits per heavy atom. The first-order valence-electron chi connectivity index (χ1n) is 5.48. The number of nitrogens with one attached hydrogen (secondary N) is 1. The molecule has 0 saturated carbocycles. The van der Waals surface area contributed by atoms with Crippen molar-refractivity contribution in [3.05, 3.63) is 54.1 Å². The van der Waals surface area contributed by atoms with Crippen LogP contribution in [0, 0.1) is 6.92 Å². The van der Waals surface area contributed by atoms with Crippen LogP contribution in [0.1, 0.15) is 5.56 Å². The molecule has 0 aromatic heterocycles. The van der Waals surface area contributed by atoms with Crippen molar-refractivity contribution < 1.29 is 14.6 Å². The fraction of sp³-hybridized carbons (Fsp3) is 0.0714. The van der Waals surface area contributed by atoms with Gasteiger partial charge in [-0.3, -0.25) is 5.32 Å². The van der Waals surface area contributed by atoms with Gasteiger partial charge in [-0.1, -0.05) is 17.7 Å². The Morgan fingerprint density at radius 2 is 1.67 bits per heavy atom. The summed E-state index contributed by atoms with van der Waals surface area (Å²) in [4.78, 5) is 11.6. The van der Waals surface area contributed by atoms with E-state index in [0.29, 0.717) is 11.4 Å². The number of benzene rings is 2. The smallest absolute Gasteiger partial charge is 0.417 e. The molecule has 0 heterocycles. The summed E-state index contributed by atoms with van der Waals surface area (Å²) in [5, 5.41) is 11.7. The average molecular weight is 243 g/mol. The van der Waals surface area contributed by atoms with Crippen LogP contribution in [0.25, 0.3) is 0 Å². The number of carbonyl (C=O) groups is 1. The molecule has 1 amide bonds. The first kappa shape index (κ1) is 12.0. The van der Waals surface area contributed by atoms with E-state index in [-0.39, 0.29) is 5.75 Å². The Balaban J connectivity index is 1.96. The quantitative estimate of drug-likeness (QED) is 0.795. The predicted molar refractivity (Wildman–Crippen MR) is 68.9 cm³/mol. The van der Waals surface area contributed by atoms with Crippen LogP contribution in [0.4, 0.5) is 10.5 Å². The lowest BCUT2D eigenvalue weighted by Gasteiger charge is -2.06. The molecule has 0 aliphatic carbocycles. The van der Waals surface area contributed by atoms with Crippen LogP contribution in [-0.4, -0.2) is 11.2 Å². The molecule has 0 spiro atoms. The number of aryl methyl sites for hydroxylation is 1. The van der Waals surface area contributed by atoms with Gasteiger partial charge in [0.2, 0.25) is 0 Å². The summed E-state index contributed by atoms with van der Waals surface area (Å²) in [6.07, 6.45) is -0.565. The Labute approximate surface area is 105 Å². The zero-order valence-corrected chi connectivity index (χ0v) is 9.88. The van der Waals surface area contributed by atoms with Gasteiger partial charge < -0.3 is 9.84 Å².